The van der Waals surface area contributed by atoms with Gasteiger partial charge in [-0.25, -0.2) is 17.7 Å². The molecule has 0 aliphatic carbocycles. The molecule has 2 aliphatic rings. The van der Waals surface area contributed by atoms with Crippen LogP contribution in [-0.4, -0.2) is 61.6 Å². The van der Waals surface area contributed by atoms with Crippen LogP contribution in [-0.2, 0) is 16.6 Å². The van der Waals surface area contributed by atoms with Gasteiger partial charge in [-0.1, -0.05) is 24.3 Å². The summed E-state index contributed by atoms with van der Waals surface area (Å²) >= 11 is 0. The Morgan fingerprint density at radius 3 is 2.59 bits per heavy atom. The molecule has 4 rings (SSSR count). The van der Waals surface area contributed by atoms with Crippen molar-refractivity contribution in [1.29, 1.82) is 0 Å². The van der Waals surface area contributed by atoms with Crippen molar-refractivity contribution < 1.29 is 17.9 Å². The number of benzene rings is 1. The number of pyridine rings is 1. The molecule has 2 aliphatic heterocycles. The number of sulfonamides is 1. The quantitative estimate of drug-likeness (QED) is 0.744. The number of aromatic nitrogens is 1. The fourth-order valence-corrected chi connectivity index (χ4v) is 4.82. The zero-order valence-corrected chi connectivity index (χ0v) is 17.6. The molecule has 2 aromatic rings. The fourth-order valence-electron chi connectivity index (χ4n) is 3.94. The van der Waals surface area contributed by atoms with Crippen molar-refractivity contribution >= 4 is 10.0 Å². The van der Waals surface area contributed by atoms with Gasteiger partial charge >= 0.3 is 0 Å². The van der Waals surface area contributed by atoms with Crippen LogP contribution in [0.15, 0.2) is 42.6 Å². The molecule has 1 aromatic heterocycles. The second-order valence-electron chi connectivity index (χ2n) is 7.77. The summed E-state index contributed by atoms with van der Waals surface area (Å²) in [6, 6.07) is 12.5. The smallest absolute Gasteiger partial charge is 0.257 e. The molecule has 1 saturated heterocycles. The lowest BCUT2D eigenvalue weighted by Crippen LogP contribution is -2.44. The van der Waals surface area contributed by atoms with Gasteiger partial charge in [0, 0.05) is 31.9 Å². The molecular weight excluding hydrogens is 390 g/mol. The lowest BCUT2D eigenvalue weighted by Gasteiger charge is -2.35. The number of ether oxygens (including phenoxy) is 2. The highest BCUT2D eigenvalue weighted by Crippen LogP contribution is 2.34. The first-order chi connectivity index (χ1) is 13.9. The Bertz CT molecular complexity index is 941. The monoisotopic (exact) mass is 417 g/mol. The summed E-state index contributed by atoms with van der Waals surface area (Å²) in [5.74, 6) is 1.22. The summed E-state index contributed by atoms with van der Waals surface area (Å²) in [6.07, 6.45) is 4.55. The average Bonchev–Trinajstić information content (AvgIpc) is 2.73. The van der Waals surface area contributed by atoms with Gasteiger partial charge in [-0.05, 0) is 43.1 Å². The van der Waals surface area contributed by atoms with Gasteiger partial charge in [-0.15, -0.1) is 0 Å². The summed E-state index contributed by atoms with van der Waals surface area (Å²) in [5, 5.41) is 0. The van der Waals surface area contributed by atoms with Crippen LogP contribution in [0, 0.1) is 0 Å². The van der Waals surface area contributed by atoms with Gasteiger partial charge in [0.15, 0.2) is 11.9 Å². The van der Waals surface area contributed by atoms with E-state index in [1.807, 2.05) is 12.1 Å². The molecule has 1 atom stereocenters. The molecule has 8 heteroatoms. The fraction of sp³-hybridized carbons (Fsp3) is 0.476. The van der Waals surface area contributed by atoms with Crippen molar-refractivity contribution in [3.8, 4) is 11.6 Å². The Labute approximate surface area is 172 Å². The average molecular weight is 418 g/mol. The van der Waals surface area contributed by atoms with Crippen LogP contribution in [0.1, 0.15) is 30.1 Å². The molecule has 1 aromatic carbocycles. The first-order valence-electron chi connectivity index (χ1n) is 9.89. The van der Waals surface area contributed by atoms with E-state index in [0.717, 1.165) is 24.9 Å². The first-order valence-corrected chi connectivity index (χ1v) is 11.7. The Morgan fingerprint density at radius 1 is 1.17 bits per heavy atom. The molecule has 0 radical (unpaired) electrons. The van der Waals surface area contributed by atoms with Gasteiger partial charge in [0.25, 0.3) is 5.88 Å². The Hall–Kier alpha value is -2.16. The second-order valence-corrected chi connectivity index (χ2v) is 9.76. The van der Waals surface area contributed by atoms with Crippen molar-refractivity contribution in [3.05, 3.63) is 53.7 Å². The lowest BCUT2D eigenvalue weighted by atomic mass is 10.0. The highest BCUT2D eigenvalue weighted by molar-refractivity contribution is 7.88. The lowest BCUT2D eigenvalue weighted by molar-refractivity contribution is 0.0850. The largest absolute Gasteiger partial charge is 0.484 e. The number of nitrogens with zero attached hydrogens (tertiary/aromatic N) is 3. The van der Waals surface area contributed by atoms with Crippen LogP contribution < -0.4 is 9.47 Å². The topological polar surface area (TPSA) is 72.0 Å². The highest BCUT2D eigenvalue weighted by Gasteiger charge is 2.27. The summed E-state index contributed by atoms with van der Waals surface area (Å²) in [5.41, 5.74) is 2.28. The van der Waals surface area contributed by atoms with E-state index >= 15 is 0 Å². The molecule has 0 spiro atoms. The molecule has 7 nitrogen and oxygen atoms in total. The van der Waals surface area contributed by atoms with Crippen LogP contribution in [0.2, 0.25) is 0 Å². The predicted octanol–water partition coefficient (Wildman–Crippen LogP) is 2.45. The molecule has 0 N–H and O–H groups in total. The van der Waals surface area contributed by atoms with Crippen LogP contribution >= 0.6 is 0 Å². The number of piperidine rings is 1. The number of hydrogen-bond donors (Lipinski definition) is 0. The maximum Gasteiger partial charge on any atom is 0.257 e. The number of rotatable bonds is 5. The van der Waals surface area contributed by atoms with Crippen LogP contribution in [0.5, 0.6) is 11.6 Å². The molecule has 29 heavy (non-hydrogen) atoms. The molecule has 3 heterocycles. The standard InChI is InChI=1S/C21H27N3O4S/c1-23(18-9-12-24(13-10-18)29(2,25)26)14-16-5-7-17(8-6-16)20-15-27-19-4-3-11-22-21(19)28-20/h3-8,11,18,20H,9-10,12-15H2,1-2H3. The van der Waals surface area contributed by atoms with Crippen LogP contribution in [0.4, 0.5) is 0 Å². The maximum absolute atomic E-state index is 11.7. The van der Waals surface area contributed by atoms with E-state index in [1.165, 1.54) is 11.8 Å². The predicted molar refractivity (Wildman–Crippen MR) is 110 cm³/mol. The van der Waals surface area contributed by atoms with Gasteiger partial charge in [0.05, 0.1) is 6.26 Å². The van der Waals surface area contributed by atoms with E-state index in [-0.39, 0.29) is 6.10 Å². The zero-order valence-electron chi connectivity index (χ0n) is 16.8. The molecule has 0 amide bonds. The van der Waals surface area contributed by atoms with E-state index in [9.17, 15) is 8.42 Å². The van der Waals surface area contributed by atoms with Crippen LogP contribution in [0.3, 0.4) is 0 Å². The maximum atomic E-state index is 11.7. The summed E-state index contributed by atoms with van der Waals surface area (Å²) in [6.45, 7) is 2.50. The van der Waals surface area contributed by atoms with E-state index < -0.39 is 10.0 Å². The SMILES string of the molecule is CN(Cc1ccc(C2COc3cccnc3O2)cc1)C1CCN(S(C)(=O)=O)CC1. The number of fused-ring (bicyclic) bond motifs is 1. The molecule has 1 unspecified atom stereocenters. The highest BCUT2D eigenvalue weighted by atomic mass is 32.2. The minimum absolute atomic E-state index is 0.163. The molecular formula is C21H27N3O4S. The Kier molecular flexibility index (Phi) is 5.76. The number of hydrogen-bond acceptors (Lipinski definition) is 6. The van der Waals surface area contributed by atoms with E-state index in [0.29, 0.717) is 37.4 Å². The third kappa shape index (κ3) is 4.71. The van der Waals surface area contributed by atoms with Crippen molar-refractivity contribution in [1.82, 2.24) is 14.2 Å². The first kappa shape index (κ1) is 20.1. The summed E-state index contributed by atoms with van der Waals surface area (Å²) in [7, 11) is -0.973. The molecule has 156 valence electrons. The Morgan fingerprint density at radius 2 is 1.90 bits per heavy atom. The van der Waals surface area contributed by atoms with Crippen molar-refractivity contribution in [2.24, 2.45) is 0 Å². The third-order valence-corrected chi connectivity index (χ3v) is 6.98. The van der Waals surface area contributed by atoms with Crippen molar-refractivity contribution in [2.45, 2.75) is 31.5 Å². The molecule has 0 saturated carbocycles. The van der Waals surface area contributed by atoms with E-state index in [4.69, 9.17) is 9.47 Å². The zero-order chi connectivity index (χ0) is 20.4. The van der Waals surface area contributed by atoms with Crippen molar-refractivity contribution in [2.75, 3.05) is 33.0 Å². The van der Waals surface area contributed by atoms with Crippen LogP contribution in [0.25, 0.3) is 0 Å². The van der Waals surface area contributed by atoms with Gasteiger partial charge < -0.3 is 9.47 Å². The third-order valence-electron chi connectivity index (χ3n) is 5.68. The second kappa shape index (κ2) is 8.30. The van der Waals surface area contributed by atoms with Crippen molar-refractivity contribution in [3.63, 3.8) is 0 Å². The summed E-state index contributed by atoms with van der Waals surface area (Å²) < 4.78 is 36.6. The summed E-state index contributed by atoms with van der Waals surface area (Å²) in [4.78, 5) is 6.54. The minimum atomic E-state index is -3.08. The van der Waals surface area contributed by atoms with E-state index in [2.05, 4.69) is 41.2 Å². The van der Waals surface area contributed by atoms with Gasteiger partial charge in [-0.3, -0.25) is 4.90 Å². The van der Waals surface area contributed by atoms with Gasteiger partial charge in [0.1, 0.15) is 6.61 Å². The van der Waals surface area contributed by atoms with Gasteiger partial charge in [-0.2, -0.15) is 0 Å². The Balaban J connectivity index is 1.33. The normalized spacial score (nSPS) is 20.7. The molecule has 0 bridgehead atoms. The molecule has 1 fully saturated rings. The van der Waals surface area contributed by atoms with Gasteiger partial charge in [0.2, 0.25) is 10.0 Å². The van der Waals surface area contributed by atoms with E-state index in [1.54, 1.807) is 10.5 Å². The minimum Gasteiger partial charge on any atom is -0.484 e.